The molecular formula is C12H22N4O. The molecule has 0 atom stereocenters. The van der Waals surface area contributed by atoms with Gasteiger partial charge >= 0.3 is 0 Å². The smallest absolute Gasteiger partial charge is 0.134 e. The molecule has 0 aliphatic carbocycles. The fourth-order valence-corrected chi connectivity index (χ4v) is 1.66. The van der Waals surface area contributed by atoms with Crippen LogP contribution in [0.15, 0.2) is 12.4 Å². The number of aliphatic hydroxyl groups excluding tert-OH is 1. The molecule has 2 N–H and O–H groups in total. The van der Waals surface area contributed by atoms with Crippen molar-refractivity contribution < 1.29 is 5.11 Å². The molecule has 1 aromatic heterocycles. The van der Waals surface area contributed by atoms with Crippen LogP contribution in [0.2, 0.25) is 0 Å². The minimum absolute atomic E-state index is 0.203. The van der Waals surface area contributed by atoms with Crippen LogP contribution in [0, 0.1) is 0 Å². The van der Waals surface area contributed by atoms with Crippen LogP contribution in [0.3, 0.4) is 0 Å². The Balaban J connectivity index is 2.81. The summed E-state index contributed by atoms with van der Waals surface area (Å²) in [5.74, 6) is 1.74. The van der Waals surface area contributed by atoms with E-state index < -0.39 is 0 Å². The van der Waals surface area contributed by atoms with E-state index in [0.717, 1.165) is 31.1 Å². The largest absolute Gasteiger partial charge is 0.396 e. The molecule has 1 aromatic rings. The second-order valence-electron chi connectivity index (χ2n) is 4.16. The van der Waals surface area contributed by atoms with Crippen molar-refractivity contribution in [2.24, 2.45) is 0 Å². The van der Waals surface area contributed by atoms with Crippen molar-refractivity contribution >= 4 is 11.6 Å². The number of rotatable bonds is 7. The minimum atomic E-state index is 0.203. The van der Waals surface area contributed by atoms with Gasteiger partial charge in [-0.25, -0.2) is 9.97 Å². The predicted molar refractivity (Wildman–Crippen MR) is 70.4 cm³/mol. The first kappa shape index (κ1) is 13.7. The van der Waals surface area contributed by atoms with Gasteiger partial charge in [0, 0.05) is 31.8 Å². The van der Waals surface area contributed by atoms with Crippen molar-refractivity contribution in [3.8, 4) is 0 Å². The summed E-state index contributed by atoms with van der Waals surface area (Å²) in [4.78, 5) is 10.6. The summed E-state index contributed by atoms with van der Waals surface area (Å²) in [7, 11) is 0. The number of hydrogen-bond donors (Lipinski definition) is 2. The van der Waals surface area contributed by atoms with Gasteiger partial charge in [0.2, 0.25) is 0 Å². The molecule has 0 amide bonds. The van der Waals surface area contributed by atoms with E-state index in [-0.39, 0.29) is 6.61 Å². The Morgan fingerprint density at radius 3 is 2.76 bits per heavy atom. The van der Waals surface area contributed by atoms with Crippen molar-refractivity contribution in [1.82, 2.24) is 9.97 Å². The lowest BCUT2D eigenvalue weighted by atomic mass is 10.3. The Bertz CT molecular complexity index is 330. The molecule has 0 aliphatic heterocycles. The zero-order valence-electron chi connectivity index (χ0n) is 10.8. The van der Waals surface area contributed by atoms with Crippen molar-refractivity contribution in [2.45, 2.75) is 33.2 Å². The SMILES string of the molecule is CCNc1cc(N(CCCO)C(C)C)ncn1. The molecule has 0 fully saturated rings. The highest BCUT2D eigenvalue weighted by molar-refractivity contribution is 5.48. The van der Waals surface area contributed by atoms with Gasteiger partial charge in [-0.1, -0.05) is 0 Å². The van der Waals surface area contributed by atoms with Crippen LogP contribution >= 0.6 is 0 Å². The average Bonchev–Trinajstić information content (AvgIpc) is 2.30. The fourth-order valence-electron chi connectivity index (χ4n) is 1.66. The maximum absolute atomic E-state index is 8.91. The first-order valence-corrected chi connectivity index (χ1v) is 6.12. The van der Waals surface area contributed by atoms with Crippen LogP contribution in [-0.2, 0) is 0 Å². The molecule has 0 aliphatic rings. The van der Waals surface area contributed by atoms with E-state index in [4.69, 9.17) is 5.11 Å². The number of aromatic nitrogens is 2. The third kappa shape index (κ3) is 4.19. The Labute approximate surface area is 103 Å². The Hall–Kier alpha value is -1.36. The normalized spacial score (nSPS) is 10.6. The molecule has 17 heavy (non-hydrogen) atoms. The zero-order chi connectivity index (χ0) is 12.7. The van der Waals surface area contributed by atoms with E-state index in [1.165, 1.54) is 0 Å². The van der Waals surface area contributed by atoms with E-state index in [1.54, 1.807) is 6.33 Å². The molecular weight excluding hydrogens is 216 g/mol. The third-order valence-corrected chi connectivity index (χ3v) is 2.49. The molecule has 0 saturated heterocycles. The molecule has 0 unspecified atom stereocenters. The van der Waals surface area contributed by atoms with E-state index in [2.05, 4.69) is 34.0 Å². The Morgan fingerprint density at radius 1 is 1.41 bits per heavy atom. The van der Waals surface area contributed by atoms with Crippen molar-refractivity contribution in [3.05, 3.63) is 12.4 Å². The van der Waals surface area contributed by atoms with Crippen LogP contribution in [-0.4, -0.2) is 40.8 Å². The average molecular weight is 238 g/mol. The number of aliphatic hydroxyl groups is 1. The third-order valence-electron chi connectivity index (χ3n) is 2.49. The quantitative estimate of drug-likeness (QED) is 0.754. The molecule has 0 spiro atoms. The van der Waals surface area contributed by atoms with Gasteiger partial charge < -0.3 is 15.3 Å². The van der Waals surface area contributed by atoms with Gasteiger partial charge in [-0.3, -0.25) is 0 Å². The van der Waals surface area contributed by atoms with Gasteiger partial charge in [-0.05, 0) is 27.2 Å². The molecule has 0 radical (unpaired) electrons. The van der Waals surface area contributed by atoms with Crippen LogP contribution in [0.4, 0.5) is 11.6 Å². The van der Waals surface area contributed by atoms with E-state index in [0.29, 0.717) is 6.04 Å². The fraction of sp³-hybridized carbons (Fsp3) is 0.667. The summed E-state index contributed by atoms with van der Waals surface area (Å²) in [6, 6.07) is 2.30. The summed E-state index contributed by atoms with van der Waals surface area (Å²) in [6.45, 7) is 8.12. The van der Waals surface area contributed by atoms with Crippen molar-refractivity contribution in [1.29, 1.82) is 0 Å². The minimum Gasteiger partial charge on any atom is -0.396 e. The molecule has 5 heteroatoms. The standard InChI is InChI=1S/C12H22N4O/c1-4-13-11-8-12(15-9-14-11)16(10(2)3)6-5-7-17/h8-10,17H,4-7H2,1-3H3,(H,13,14,15). The molecule has 1 rings (SSSR count). The molecule has 96 valence electrons. The second kappa shape index (κ2) is 7.06. The van der Waals surface area contributed by atoms with Crippen molar-refractivity contribution in [2.75, 3.05) is 29.9 Å². The highest BCUT2D eigenvalue weighted by Gasteiger charge is 2.12. The summed E-state index contributed by atoms with van der Waals surface area (Å²) in [5.41, 5.74) is 0. The van der Waals surface area contributed by atoms with Gasteiger partial charge in [0.1, 0.15) is 18.0 Å². The molecule has 0 aromatic carbocycles. The zero-order valence-corrected chi connectivity index (χ0v) is 10.8. The second-order valence-corrected chi connectivity index (χ2v) is 4.16. The van der Waals surface area contributed by atoms with Crippen molar-refractivity contribution in [3.63, 3.8) is 0 Å². The van der Waals surface area contributed by atoms with Crippen LogP contribution < -0.4 is 10.2 Å². The number of anilines is 2. The molecule has 0 bridgehead atoms. The summed E-state index contributed by atoms with van der Waals surface area (Å²) < 4.78 is 0. The van der Waals surface area contributed by atoms with Gasteiger partial charge in [-0.2, -0.15) is 0 Å². The lowest BCUT2D eigenvalue weighted by molar-refractivity contribution is 0.288. The number of hydrogen-bond acceptors (Lipinski definition) is 5. The predicted octanol–water partition coefficient (Wildman–Crippen LogP) is 1.51. The van der Waals surface area contributed by atoms with Crippen LogP contribution in [0.5, 0.6) is 0 Å². The lowest BCUT2D eigenvalue weighted by Gasteiger charge is -2.27. The van der Waals surface area contributed by atoms with Gasteiger partial charge in [0.15, 0.2) is 0 Å². The van der Waals surface area contributed by atoms with E-state index in [9.17, 15) is 0 Å². The monoisotopic (exact) mass is 238 g/mol. The van der Waals surface area contributed by atoms with E-state index in [1.807, 2.05) is 13.0 Å². The first-order valence-electron chi connectivity index (χ1n) is 6.12. The van der Waals surface area contributed by atoms with Gasteiger partial charge in [0.25, 0.3) is 0 Å². The summed E-state index contributed by atoms with van der Waals surface area (Å²) >= 11 is 0. The highest BCUT2D eigenvalue weighted by atomic mass is 16.3. The van der Waals surface area contributed by atoms with Gasteiger partial charge in [0.05, 0.1) is 0 Å². The Kier molecular flexibility index (Phi) is 5.69. The summed E-state index contributed by atoms with van der Waals surface area (Å²) in [6.07, 6.45) is 2.32. The van der Waals surface area contributed by atoms with Gasteiger partial charge in [-0.15, -0.1) is 0 Å². The topological polar surface area (TPSA) is 61.3 Å². The lowest BCUT2D eigenvalue weighted by Crippen LogP contribution is -2.33. The van der Waals surface area contributed by atoms with Crippen LogP contribution in [0.1, 0.15) is 27.2 Å². The molecule has 5 nitrogen and oxygen atoms in total. The summed E-state index contributed by atoms with van der Waals surface area (Å²) in [5, 5.41) is 12.1. The van der Waals surface area contributed by atoms with Crippen LogP contribution in [0.25, 0.3) is 0 Å². The molecule has 0 saturated carbocycles. The maximum Gasteiger partial charge on any atom is 0.134 e. The Morgan fingerprint density at radius 2 is 2.18 bits per heavy atom. The van der Waals surface area contributed by atoms with E-state index >= 15 is 0 Å². The maximum atomic E-state index is 8.91. The molecule has 1 heterocycles. The number of nitrogens with zero attached hydrogens (tertiary/aromatic N) is 3. The number of nitrogens with one attached hydrogen (secondary N) is 1. The first-order chi connectivity index (χ1) is 8.19. The highest BCUT2D eigenvalue weighted by Crippen LogP contribution is 2.16.